The van der Waals surface area contributed by atoms with Crippen LogP contribution in [0.2, 0.25) is 0 Å². The number of aliphatic hydroxyl groups excluding tert-OH is 1. The molecule has 0 aliphatic rings. The molecule has 23 N–H and O–H groups in total. The number of guanidine groups is 2. The van der Waals surface area contributed by atoms with E-state index in [4.69, 9.17) is 28.7 Å². The summed E-state index contributed by atoms with van der Waals surface area (Å²) in [7, 11) is 0. The highest BCUT2D eigenvalue weighted by molar-refractivity contribution is 5.99. The maximum atomic E-state index is 14.5. The first kappa shape index (κ1) is 75.9. The van der Waals surface area contributed by atoms with E-state index in [9.17, 15) is 68.1 Å². The van der Waals surface area contributed by atoms with Crippen LogP contribution in [0.5, 0.6) is 0 Å². The molecule has 0 aromatic carbocycles. The summed E-state index contributed by atoms with van der Waals surface area (Å²) in [5.74, 6) is -13.8. The highest BCUT2D eigenvalue weighted by Crippen LogP contribution is 2.15. The lowest BCUT2D eigenvalue weighted by atomic mass is 9.96. The molecule has 1 aromatic rings. The summed E-state index contributed by atoms with van der Waals surface area (Å²) in [5, 5.41) is 52.6. The summed E-state index contributed by atoms with van der Waals surface area (Å²) in [6.07, 6.45) is 0.472. The van der Waals surface area contributed by atoms with Gasteiger partial charge in [0, 0.05) is 31.4 Å². The fraction of sp³-hybridized carbons (Fsp3) is 0.704. The monoisotopic (exact) mass is 1220 g/mol. The number of rotatable bonds is 40. The van der Waals surface area contributed by atoms with E-state index in [1.165, 1.54) is 33.3 Å². The maximum absolute atomic E-state index is 14.5. The summed E-state index contributed by atoms with van der Waals surface area (Å²) in [6, 6.07) is -14.4. The first-order chi connectivity index (χ1) is 40.1. The minimum atomic E-state index is -1.85. The minimum Gasteiger partial charge on any atom is -0.481 e. The van der Waals surface area contributed by atoms with Gasteiger partial charge in [-0.25, -0.2) is 9.78 Å². The number of imidazole rings is 1. The van der Waals surface area contributed by atoms with E-state index in [2.05, 4.69) is 67.8 Å². The molecule has 0 saturated heterocycles. The van der Waals surface area contributed by atoms with E-state index < -0.39 is 156 Å². The molecule has 32 nitrogen and oxygen atoms in total. The molecule has 0 bridgehead atoms. The summed E-state index contributed by atoms with van der Waals surface area (Å²) >= 11 is 0. The number of hydrogen-bond acceptors (Lipinski definition) is 16. The number of nitrogens with one attached hydrogen (secondary N) is 10. The van der Waals surface area contributed by atoms with Crippen molar-refractivity contribution in [3.63, 3.8) is 0 Å². The fourth-order valence-electron chi connectivity index (χ4n) is 8.50. The predicted molar refractivity (Wildman–Crippen MR) is 317 cm³/mol. The molecule has 1 heterocycles. The van der Waals surface area contributed by atoms with Gasteiger partial charge >= 0.3 is 11.9 Å². The van der Waals surface area contributed by atoms with Gasteiger partial charge in [0.2, 0.25) is 53.2 Å². The summed E-state index contributed by atoms with van der Waals surface area (Å²) in [5.41, 5.74) is 28.3. The number of amides is 9. The number of H-pyrrole nitrogens is 1. The number of aliphatic carboxylic acids is 2. The van der Waals surface area contributed by atoms with Gasteiger partial charge in [-0.05, 0) is 75.0 Å². The zero-order valence-electron chi connectivity index (χ0n) is 51.2. The van der Waals surface area contributed by atoms with E-state index >= 15 is 0 Å². The third kappa shape index (κ3) is 28.2. The molecule has 0 fully saturated rings. The third-order valence-corrected chi connectivity index (χ3v) is 13.6. The maximum Gasteiger partial charge on any atom is 0.326 e. The van der Waals surface area contributed by atoms with Crippen LogP contribution in [0.3, 0.4) is 0 Å². The normalized spacial score (nSPS) is 15.5. The molecule has 12 atom stereocenters. The van der Waals surface area contributed by atoms with Crippen molar-refractivity contribution in [2.75, 3.05) is 13.1 Å². The Morgan fingerprint density at radius 1 is 0.523 bits per heavy atom. The van der Waals surface area contributed by atoms with Crippen LogP contribution in [-0.4, -0.2) is 182 Å². The molecule has 1 rings (SSSR count). The highest BCUT2D eigenvalue weighted by Gasteiger charge is 2.38. The predicted octanol–water partition coefficient (Wildman–Crippen LogP) is -3.86. The van der Waals surface area contributed by atoms with Gasteiger partial charge in [-0.15, -0.1) is 0 Å². The SMILES string of the molecule is CC[C@H](C)[C@H](NC(=O)[C@@H](N)[C@@H](C)O)C(=O)N[C@@H](CCCN=C(N)N)C(=O)N[C@@H](CCCN=C(N)N)C(=O)N[C@@H](Cc1cnc[nH]1)C(=O)N[C@H](C(=O)N[C@@H](CC(=O)O)C(=O)N[C@@H](CC(C)C)C(=O)N[C@@H](CC(C)C)C(=O)N[C@H](C(=O)O)C(C)C)C(C)C. The molecule has 0 spiro atoms. The molecule has 32 heteroatoms. The van der Waals surface area contributed by atoms with E-state index in [0.29, 0.717) is 12.1 Å². The summed E-state index contributed by atoms with van der Waals surface area (Å²) in [4.78, 5) is 165. The van der Waals surface area contributed by atoms with Crippen LogP contribution in [0.25, 0.3) is 0 Å². The van der Waals surface area contributed by atoms with Gasteiger partial charge in [0.05, 0.1) is 18.9 Å². The molecule has 86 heavy (non-hydrogen) atoms. The second-order valence-corrected chi connectivity index (χ2v) is 22.8. The third-order valence-electron chi connectivity index (χ3n) is 13.6. The minimum absolute atomic E-state index is 0.0181. The highest BCUT2D eigenvalue weighted by atomic mass is 16.4. The van der Waals surface area contributed by atoms with E-state index in [-0.39, 0.29) is 81.8 Å². The van der Waals surface area contributed by atoms with Gasteiger partial charge in [0.15, 0.2) is 11.9 Å². The Kier molecular flexibility index (Phi) is 33.5. The Morgan fingerprint density at radius 2 is 0.907 bits per heavy atom. The molecular formula is C54H96N18O14. The van der Waals surface area contributed by atoms with Gasteiger partial charge in [-0.1, -0.05) is 75.7 Å². The van der Waals surface area contributed by atoms with Crippen LogP contribution in [0.15, 0.2) is 22.5 Å². The Morgan fingerprint density at radius 3 is 1.31 bits per heavy atom. The number of carbonyl (C=O) groups excluding carboxylic acids is 9. The quantitative estimate of drug-likeness (QED) is 0.0170. The van der Waals surface area contributed by atoms with Crippen molar-refractivity contribution < 1.29 is 68.1 Å². The zero-order chi connectivity index (χ0) is 65.7. The molecule has 0 unspecified atom stereocenters. The Hall–Kier alpha value is -8.16. The molecule has 0 aliphatic heterocycles. The second kappa shape index (κ2) is 38.0. The first-order valence-corrected chi connectivity index (χ1v) is 28.8. The van der Waals surface area contributed by atoms with E-state index in [1.807, 2.05) is 0 Å². The number of aliphatic hydroxyl groups is 1. The number of aromatic nitrogens is 2. The molecule has 0 saturated carbocycles. The van der Waals surface area contributed by atoms with Gasteiger partial charge < -0.3 is 96.8 Å². The van der Waals surface area contributed by atoms with Crippen molar-refractivity contribution in [3.05, 3.63) is 18.2 Å². The number of aromatic amines is 1. The number of carboxylic acids is 2. The Bertz CT molecular complexity index is 2460. The Balaban J connectivity index is 3.71. The van der Waals surface area contributed by atoms with Crippen LogP contribution in [0.1, 0.15) is 133 Å². The lowest BCUT2D eigenvalue weighted by Gasteiger charge is -2.30. The van der Waals surface area contributed by atoms with Crippen LogP contribution in [-0.2, 0) is 59.2 Å². The first-order valence-electron chi connectivity index (χ1n) is 28.8. The number of nitrogens with zero attached hydrogens (tertiary/aromatic N) is 3. The lowest BCUT2D eigenvalue weighted by Crippen LogP contribution is -2.62. The topological polar surface area (TPSA) is 540 Å². The van der Waals surface area contributed by atoms with Crippen LogP contribution < -0.4 is 76.5 Å². The standard InChI is InChI=1S/C54H96N18O14/c1-12-29(10)42(72-49(82)39(55)30(11)73)51(84)65-33(16-14-18-62-54(58)59)43(76)64-32(15-13-17-61-53(56)57)44(77)68-36(21-31-23-60-24-63-31)48(81)70-40(27(6)7)50(83)69-37(22-38(74)75)46(79)66-34(19-25(2)3)45(78)67-35(20-26(4)5)47(80)71-41(28(8)9)52(85)86/h23-30,32-37,39-42,73H,12-22,55H2,1-11H3,(H,60,63)(H,64,76)(H,65,84)(H,66,79)(H,67,78)(H,68,77)(H,69,83)(H,70,81)(H,71,80)(H,72,82)(H,74,75)(H,85,86)(H4,56,57,61)(H4,58,59,62)/t29-,30+,32-,33-,34-,35-,36-,37-,39-,40-,41-,42-/m0/s1. The van der Waals surface area contributed by atoms with Gasteiger partial charge in [0.25, 0.3) is 0 Å². The smallest absolute Gasteiger partial charge is 0.326 e. The number of carbonyl (C=O) groups is 11. The molecule has 0 aliphatic carbocycles. The zero-order valence-corrected chi connectivity index (χ0v) is 51.2. The molecule has 0 radical (unpaired) electrons. The van der Waals surface area contributed by atoms with Gasteiger partial charge in [-0.3, -0.25) is 57.9 Å². The number of hydrogen-bond donors (Lipinski definition) is 18. The lowest BCUT2D eigenvalue weighted by molar-refractivity contribution is -0.143. The number of aliphatic imine (C=N–C) groups is 2. The largest absolute Gasteiger partial charge is 0.481 e. The van der Waals surface area contributed by atoms with Crippen molar-refractivity contribution in [2.24, 2.45) is 68.2 Å². The second-order valence-electron chi connectivity index (χ2n) is 22.8. The average Bonchev–Trinajstić information content (AvgIpc) is 3.99. The van der Waals surface area contributed by atoms with Crippen molar-refractivity contribution in [1.82, 2.24) is 57.8 Å². The Labute approximate surface area is 501 Å². The van der Waals surface area contributed by atoms with Crippen LogP contribution >= 0.6 is 0 Å². The van der Waals surface area contributed by atoms with E-state index in [0.717, 1.165) is 0 Å². The van der Waals surface area contributed by atoms with Crippen LogP contribution in [0, 0.1) is 29.6 Å². The molecule has 486 valence electrons. The summed E-state index contributed by atoms with van der Waals surface area (Å²) in [6.45, 7) is 18.0. The summed E-state index contributed by atoms with van der Waals surface area (Å²) < 4.78 is 0. The number of nitrogens with two attached hydrogens (primary N) is 5. The van der Waals surface area contributed by atoms with Crippen molar-refractivity contribution >= 4 is 77.0 Å². The van der Waals surface area contributed by atoms with Crippen molar-refractivity contribution in [1.29, 1.82) is 0 Å². The molecular weight excluding hydrogens is 1120 g/mol. The average molecular weight is 1220 g/mol. The van der Waals surface area contributed by atoms with Crippen molar-refractivity contribution in [2.45, 2.75) is 200 Å². The van der Waals surface area contributed by atoms with Crippen LogP contribution in [0.4, 0.5) is 0 Å². The molecule has 9 amide bonds. The molecule has 1 aromatic heterocycles. The van der Waals surface area contributed by atoms with Gasteiger partial charge in [-0.2, -0.15) is 0 Å². The van der Waals surface area contributed by atoms with Gasteiger partial charge in [0.1, 0.15) is 60.4 Å². The van der Waals surface area contributed by atoms with E-state index in [1.54, 1.807) is 55.4 Å². The number of carboxylic acid groups (broad SMARTS) is 2. The fourth-order valence-corrected chi connectivity index (χ4v) is 8.50. The van der Waals surface area contributed by atoms with Crippen molar-refractivity contribution in [3.8, 4) is 0 Å².